The van der Waals surface area contributed by atoms with Crippen molar-refractivity contribution in [2.45, 2.75) is 27.2 Å². The maximum atomic E-state index is 3.55. The predicted octanol–water partition coefficient (Wildman–Crippen LogP) is 4.50. The van der Waals surface area contributed by atoms with E-state index in [1.54, 1.807) is 11.1 Å². The van der Waals surface area contributed by atoms with Crippen LogP contribution in [0.15, 0.2) is 28.2 Å². The van der Waals surface area contributed by atoms with Crippen molar-refractivity contribution in [1.82, 2.24) is 4.90 Å². The highest BCUT2D eigenvalue weighted by Gasteiger charge is 2.20. The summed E-state index contributed by atoms with van der Waals surface area (Å²) in [5.74, 6) is 0.630. The van der Waals surface area contributed by atoms with Crippen molar-refractivity contribution in [1.29, 1.82) is 0 Å². The van der Waals surface area contributed by atoms with Gasteiger partial charge in [-0.15, -0.1) is 0 Å². The molecule has 0 N–H and O–H groups in total. The van der Waals surface area contributed by atoms with E-state index < -0.39 is 0 Å². The number of hydrogen-bond acceptors (Lipinski definition) is 1. The first kappa shape index (κ1) is 13.8. The first-order valence-electron chi connectivity index (χ1n) is 6.66. The van der Waals surface area contributed by atoms with Crippen molar-refractivity contribution in [3.8, 4) is 0 Å². The van der Waals surface area contributed by atoms with E-state index in [9.17, 15) is 0 Å². The van der Waals surface area contributed by atoms with Gasteiger partial charge >= 0.3 is 0 Å². The van der Waals surface area contributed by atoms with Crippen LogP contribution in [0.1, 0.15) is 31.4 Å². The SMILES string of the molecule is Cc1cc(Br)ccc1C1=C(C(C)C)CN(C)CC1. The van der Waals surface area contributed by atoms with Gasteiger partial charge in [-0.25, -0.2) is 0 Å². The Morgan fingerprint density at radius 1 is 1.28 bits per heavy atom. The zero-order valence-electron chi connectivity index (χ0n) is 11.8. The maximum absolute atomic E-state index is 3.55. The number of nitrogens with zero attached hydrogens (tertiary/aromatic N) is 1. The van der Waals surface area contributed by atoms with Crippen molar-refractivity contribution in [3.63, 3.8) is 0 Å². The van der Waals surface area contributed by atoms with Crippen molar-refractivity contribution in [2.24, 2.45) is 5.92 Å². The molecule has 0 saturated carbocycles. The molecule has 2 rings (SSSR count). The summed E-state index contributed by atoms with van der Waals surface area (Å²) < 4.78 is 1.17. The molecule has 0 amide bonds. The summed E-state index contributed by atoms with van der Waals surface area (Å²) in [5, 5.41) is 0. The molecular weight excluding hydrogens is 286 g/mol. The fraction of sp³-hybridized carbons (Fsp3) is 0.500. The molecule has 1 heterocycles. The molecule has 1 aromatic carbocycles. The average Bonchev–Trinajstić information content (AvgIpc) is 2.29. The molecule has 1 nitrogen and oxygen atoms in total. The van der Waals surface area contributed by atoms with Crippen LogP contribution in [0.25, 0.3) is 5.57 Å². The summed E-state index contributed by atoms with van der Waals surface area (Å²) in [6.45, 7) is 9.11. The summed E-state index contributed by atoms with van der Waals surface area (Å²) in [6, 6.07) is 6.65. The van der Waals surface area contributed by atoms with Crippen molar-refractivity contribution in [2.75, 3.05) is 20.1 Å². The van der Waals surface area contributed by atoms with Crippen LogP contribution in [0, 0.1) is 12.8 Å². The summed E-state index contributed by atoms with van der Waals surface area (Å²) in [4.78, 5) is 2.42. The van der Waals surface area contributed by atoms with Crippen LogP contribution in [-0.2, 0) is 0 Å². The van der Waals surface area contributed by atoms with Crippen molar-refractivity contribution < 1.29 is 0 Å². The number of hydrogen-bond donors (Lipinski definition) is 0. The Balaban J connectivity index is 2.48. The predicted molar refractivity (Wildman–Crippen MR) is 82.8 cm³/mol. The molecule has 18 heavy (non-hydrogen) atoms. The second-order valence-corrected chi connectivity index (χ2v) is 6.52. The lowest BCUT2D eigenvalue weighted by Crippen LogP contribution is -2.29. The average molecular weight is 308 g/mol. The normalized spacial score (nSPS) is 17.7. The van der Waals surface area contributed by atoms with Crippen LogP contribution in [0.4, 0.5) is 0 Å². The molecule has 0 spiro atoms. The van der Waals surface area contributed by atoms with E-state index in [-0.39, 0.29) is 0 Å². The Labute approximate surface area is 119 Å². The molecule has 1 aliphatic rings. The molecule has 0 aromatic heterocycles. The van der Waals surface area contributed by atoms with Gasteiger partial charge in [-0.05, 0) is 60.7 Å². The Kier molecular flexibility index (Phi) is 4.29. The summed E-state index contributed by atoms with van der Waals surface area (Å²) >= 11 is 3.55. The molecule has 1 aliphatic heterocycles. The zero-order chi connectivity index (χ0) is 13.3. The second-order valence-electron chi connectivity index (χ2n) is 5.61. The van der Waals surface area contributed by atoms with Gasteiger partial charge in [0.1, 0.15) is 0 Å². The summed E-state index contributed by atoms with van der Waals surface area (Å²) in [5.41, 5.74) is 6.00. The monoisotopic (exact) mass is 307 g/mol. The number of likely N-dealkylation sites (N-methyl/N-ethyl adjacent to an activating group) is 1. The Bertz CT molecular complexity index is 474. The number of aryl methyl sites for hydroxylation is 1. The number of rotatable bonds is 2. The van der Waals surface area contributed by atoms with Crippen LogP contribution < -0.4 is 0 Å². The molecule has 0 fully saturated rings. The molecular formula is C16H22BrN. The zero-order valence-corrected chi connectivity index (χ0v) is 13.3. The number of benzene rings is 1. The van der Waals surface area contributed by atoms with Gasteiger partial charge in [0.2, 0.25) is 0 Å². The van der Waals surface area contributed by atoms with Gasteiger partial charge in [0.15, 0.2) is 0 Å². The minimum absolute atomic E-state index is 0.630. The summed E-state index contributed by atoms with van der Waals surface area (Å²) in [7, 11) is 2.22. The molecule has 0 unspecified atom stereocenters. The van der Waals surface area contributed by atoms with Crippen LogP contribution >= 0.6 is 15.9 Å². The quantitative estimate of drug-likeness (QED) is 0.777. The Hall–Kier alpha value is -0.600. The van der Waals surface area contributed by atoms with Crippen molar-refractivity contribution in [3.05, 3.63) is 39.4 Å². The second kappa shape index (κ2) is 5.58. The third-order valence-corrected chi connectivity index (χ3v) is 4.28. The third kappa shape index (κ3) is 2.86. The van der Waals surface area contributed by atoms with Gasteiger partial charge in [0, 0.05) is 17.6 Å². The van der Waals surface area contributed by atoms with E-state index in [0.29, 0.717) is 5.92 Å². The Morgan fingerprint density at radius 3 is 2.61 bits per heavy atom. The first-order valence-corrected chi connectivity index (χ1v) is 7.45. The Morgan fingerprint density at radius 2 is 2.00 bits per heavy atom. The molecule has 2 heteroatoms. The van der Waals surface area contributed by atoms with Crippen LogP contribution in [0.2, 0.25) is 0 Å². The fourth-order valence-corrected chi connectivity index (χ4v) is 3.21. The van der Waals surface area contributed by atoms with Gasteiger partial charge < -0.3 is 4.90 Å². The van der Waals surface area contributed by atoms with Gasteiger partial charge in [-0.2, -0.15) is 0 Å². The van der Waals surface area contributed by atoms with Gasteiger partial charge in [0.05, 0.1) is 0 Å². The van der Waals surface area contributed by atoms with E-state index in [4.69, 9.17) is 0 Å². The molecule has 1 aromatic rings. The fourth-order valence-electron chi connectivity index (χ4n) is 2.73. The van der Waals surface area contributed by atoms with E-state index >= 15 is 0 Å². The topological polar surface area (TPSA) is 3.24 Å². The largest absolute Gasteiger partial charge is 0.302 e. The van der Waals surface area contributed by atoms with Gasteiger partial charge in [0.25, 0.3) is 0 Å². The lowest BCUT2D eigenvalue weighted by molar-refractivity contribution is 0.347. The highest BCUT2D eigenvalue weighted by atomic mass is 79.9. The number of halogens is 1. The van der Waals surface area contributed by atoms with E-state index in [1.165, 1.54) is 28.6 Å². The van der Waals surface area contributed by atoms with E-state index in [2.05, 4.69) is 66.8 Å². The maximum Gasteiger partial charge on any atom is 0.0198 e. The van der Waals surface area contributed by atoms with Crippen LogP contribution in [-0.4, -0.2) is 25.0 Å². The molecule has 0 radical (unpaired) electrons. The highest BCUT2D eigenvalue weighted by Crippen LogP contribution is 2.33. The van der Waals surface area contributed by atoms with E-state index in [1.807, 2.05) is 0 Å². The molecule has 98 valence electrons. The van der Waals surface area contributed by atoms with Crippen LogP contribution in [0.5, 0.6) is 0 Å². The molecule has 0 aliphatic carbocycles. The van der Waals surface area contributed by atoms with Gasteiger partial charge in [-0.1, -0.05) is 35.8 Å². The highest BCUT2D eigenvalue weighted by molar-refractivity contribution is 9.10. The lowest BCUT2D eigenvalue weighted by Gasteiger charge is -2.31. The smallest absolute Gasteiger partial charge is 0.0198 e. The minimum Gasteiger partial charge on any atom is -0.302 e. The first-order chi connectivity index (χ1) is 8.49. The molecule has 0 bridgehead atoms. The van der Waals surface area contributed by atoms with Gasteiger partial charge in [-0.3, -0.25) is 0 Å². The third-order valence-electron chi connectivity index (χ3n) is 3.78. The van der Waals surface area contributed by atoms with E-state index in [0.717, 1.165) is 6.54 Å². The lowest BCUT2D eigenvalue weighted by atomic mass is 9.86. The van der Waals surface area contributed by atoms with Crippen molar-refractivity contribution >= 4 is 21.5 Å². The minimum atomic E-state index is 0.630. The van der Waals surface area contributed by atoms with Crippen LogP contribution in [0.3, 0.4) is 0 Å². The molecule has 0 atom stereocenters. The molecule has 0 saturated heterocycles. The summed E-state index contributed by atoms with van der Waals surface area (Å²) in [6.07, 6.45) is 1.17. The standard InChI is InChI=1S/C16H22BrN/c1-11(2)16-10-18(4)8-7-15(16)14-6-5-13(17)9-12(14)3/h5-6,9,11H,7-8,10H2,1-4H3.